The highest BCUT2D eigenvalue weighted by atomic mass is 16.1. The largest absolute Gasteiger partial charge is 0.347 e. The minimum absolute atomic E-state index is 0.248. The summed E-state index contributed by atoms with van der Waals surface area (Å²) in [6.45, 7) is 8.84. The Hall–Kier alpha value is -2.96. The summed E-state index contributed by atoms with van der Waals surface area (Å²) >= 11 is 0. The van der Waals surface area contributed by atoms with Crippen molar-refractivity contribution in [2.24, 2.45) is 0 Å². The van der Waals surface area contributed by atoms with Gasteiger partial charge in [0.1, 0.15) is 0 Å². The minimum atomic E-state index is -0.248. The predicted molar refractivity (Wildman–Crippen MR) is 87.1 cm³/mol. The van der Waals surface area contributed by atoms with E-state index in [0.29, 0.717) is 17.9 Å². The third-order valence-electron chi connectivity index (χ3n) is 3.68. The lowest BCUT2D eigenvalue weighted by Gasteiger charge is -2.04. The Balaban J connectivity index is 2.08. The van der Waals surface area contributed by atoms with E-state index in [1.165, 1.54) is 0 Å². The first-order valence-corrected chi connectivity index (χ1v) is 7.42. The molecule has 0 radical (unpaired) electrons. The van der Waals surface area contributed by atoms with Gasteiger partial charge in [-0.05, 0) is 19.9 Å². The van der Waals surface area contributed by atoms with Gasteiger partial charge >= 0.3 is 0 Å². The van der Waals surface area contributed by atoms with E-state index in [4.69, 9.17) is 0 Å². The highest BCUT2D eigenvalue weighted by molar-refractivity contribution is 5.93. The van der Waals surface area contributed by atoms with Crippen molar-refractivity contribution in [3.05, 3.63) is 48.6 Å². The Morgan fingerprint density at radius 2 is 2.30 bits per heavy atom. The molecule has 3 rings (SSSR count). The highest BCUT2D eigenvalue weighted by Gasteiger charge is 2.16. The quantitative estimate of drug-likeness (QED) is 0.729. The lowest BCUT2D eigenvalue weighted by molar-refractivity contribution is 0.0953. The first-order valence-electron chi connectivity index (χ1n) is 7.42. The molecule has 0 unspecified atom stereocenters. The van der Waals surface area contributed by atoms with E-state index < -0.39 is 0 Å². The maximum atomic E-state index is 12.1. The molecule has 0 fully saturated rings. The van der Waals surface area contributed by atoms with E-state index in [9.17, 15) is 4.79 Å². The molecule has 0 aliphatic carbocycles. The van der Waals surface area contributed by atoms with E-state index in [1.807, 2.05) is 30.8 Å². The Kier molecular flexibility index (Phi) is 3.92. The van der Waals surface area contributed by atoms with Crippen molar-refractivity contribution in [2.45, 2.75) is 20.4 Å². The van der Waals surface area contributed by atoms with Crippen LogP contribution in [0, 0.1) is 6.92 Å². The summed E-state index contributed by atoms with van der Waals surface area (Å²) in [5.74, 6) is -0.248. The summed E-state index contributed by atoms with van der Waals surface area (Å²) in [4.78, 5) is 16.3. The molecule has 7 heteroatoms. The van der Waals surface area contributed by atoms with Crippen LogP contribution in [0.2, 0.25) is 0 Å². The Labute approximate surface area is 133 Å². The summed E-state index contributed by atoms with van der Waals surface area (Å²) < 4.78 is 3.59. The van der Waals surface area contributed by atoms with E-state index in [2.05, 4.69) is 27.1 Å². The van der Waals surface area contributed by atoms with Gasteiger partial charge in [-0.2, -0.15) is 10.2 Å². The molecular formula is C16H18N6O. The molecule has 7 nitrogen and oxygen atoms in total. The number of aromatic nitrogens is 5. The Morgan fingerprint density at radius 3 is 3.00 bits per heavy atom. The van der Waals surface area contributed by atoms with Crippen LogP contribution in [0.3, 0.4) is 0 Å². The number of hydrogen-bond acceptors (Lipinski definition) is 4. The smallest absolute Gasteiger partial charge is 0.272 e. The van der Waals surface area contributed by atoms with Gasteiger partial charge in [0.15, 0.2) is 11.3 Å². The van der Waals surface area contributed by atoms with Crippen LogP contribution in [0.15, 0.2) is 37.2 Å². The zero-order valence-corrected chi connectivity index (χ0v) is 13.2. The molecule has 3 aromatic rings. The third kappa shape index (κ3) is 2.61. The molecule has 0 bridgehead atoms. The van der Waals surface area contributed by atoms with Crippen LogP contribution in [0.1, 0.15) is 23.1 Å². The molecule has 0 aliphatic heterocycles. The molecule has 0 saturated heterocycles. The Morgan fingerprint density at radius 1 is 1.48 bits per heavy atom. The number of nitrogens with one attached hydrogen (secondary N) is 1. The number of hydrogen-bond donors (Lipinski definition) is 1. The van der Waals surface area contributed by atoms with E-state index in [-0.39, 0.29) is 5.91 Å². The van der Waals surface area contributed by atoms with Crippen molar-refractivity contribution in [1.29, 1.82) is 0 Å². The minimum Gasteiger partial charge on any atom is -0.347 e. The molecule has 0 saturated carbocycles. The van der Waals surface area contributed by atoms with Crippen LogP contribution in [-0.2, 0) is 6.54 Å². The molecule has 3 heterocycles. The van der Waals surface area contributed by atoms with Crippen molar-refractivity contribution in [2.75, 3.05) is 6.54 Å². The molecule has 0 spiro atoms. The second-order valence-corrected chi connectivity index (χ2v) is 5.09. The molecule has 3 aromatic heterocycles. The zero-order valence-electron chi connectivity index (χ0n) is 13.2. The second-order valence-electron chi connectivity index (χ2n) is 5.09. The molecule has 1 N–H and O–H groups in total. The highest BCUT2D eigenvalue weighted by Crippen LogP contribution is 2.23. The summed E-state index contributed by atoms with van der Waals surface area (Å²) in [5, 5.41) is 11.5. The topological polar surface area (TPSA) is 77.1 Å². The maximum absolute atomic E-state index is 12.1. The average Bonchev–Trinajstić information content (AvgIpc) is 3.15. The van der Waals surface area contributed by atoms with Gasteiger partial charge in [-0.25, -0.2) is 9.50 Å². The fraction of sp³-hybridized carbons (Fsp3) is 0.250. The van der Waals surface area contributed by atoms with Crippen LogP contribution in [0.5, 0.6) is 0 Å². The number of aryl methyl sites for hydroxylation is 1. The van der Waals surface area contributed by atoms with Gasteiger partial charge in [0.25, 0.3) is 5.91 Å². The van der Waals surface area contributed by atoms with Gasteiger partial charge in [-0.3, -0.25) is 9.48 Å². The first-order chi connectivity index (χ1) is 11.2. The number of rotatable bonds is 5. The van der Waals surface area contributed by atoms with Crippen LogP contribution in [-0.4, -0.2) is 36.8 Å². The molecule has 0 aromatic carbocycles. The predicted octanol–water partition coefficient (Wildman–Crippen LogP) is 1.84. The number of carbonyl (C=O) groups excluding carboxylic acids is 1. The van der Waals surface area contributed by atoms with Gasteiger partial charge in [0, 0.05) is 36.6 Å². The normalized spacial score (nSPS) is 10.9. The molecular weight excluding hydrogens is 292 g/mol. The van der Waals surface area contributed by atoms with Gasteiger partial charge < -0.3 is 5.32 Å². The summed E-state index contributed by atoms with van der Waals surface area (Å²) in [6, 6.07) is 3.54. The molecule has 118 valence electrons. The SMILES string of the molecule is C=CCNC(=O)c1cc2nccc(-c3cnn(CC)c3C)n2n1. The van der Waals surface area contributed by atoms with Crippen molar-refractivity contribution in [3.63, 3.8) is 0 Å². The molecule has 0 atom stereocenters. The number of amides is 1. The van der Waals surface area contributed by atoms with Gasteiger partial charge in [0.2, 0.25) is 0 Å². The van der Waals surface area contributed by atoms with Crippen LogP contribution >= 0.6 is 0 Å². The number of carbonyl (C=O) groups is 1. The molecule has 0 aliphatic rings. The van der Waals surface area contributed by atoms with E-state index >= 15 is 0 Å². The summed E-state index contributed by atoms with van der Waals surface area (Å²) in [5.41, 5.74) is 3.82. The maximum Gasteiger partial charge on any atom is 0.272 e. The number of fused-ring (bicyclic) bond motifs is 1. The Bertz CT molecular complexity index is 876. The van der Waals surface area contributed by atoms with E-state index in [1.54, 1.807) is 22.9 Å². The average molecular weight is 310 g/mol. The van der Waals surface area contributed by atoms with Gasteiger partial charge in [0.05, 0.1) is 11.9 Å². The summed E-state index contributed by atoms with van der Waals surface area (Å²) in [6.07, 6.45) is 5.15. The fourth-order valence-corrected chi connectivity index (χ4v) is 2.48. The van der Waals surface area contributed by atoms with Crippen LogP contribution in [0.25, 0.3) is 16.9 Å². The molecule has 1 amide bonds. The van der Waals surface area contributed by atoms with E-state index in [0.717, 1.165) is 23.5 Å². The van der Waals surface area contributed by atoms with Crippen LogP contribution < -0.4 is 5.32 Å². The second kappa shape index (κ2) is 6.04. The fourth-order valence-electron chi connectivity index (χ4n) is 2.48. The standard InChI is InChI=1S/C16H18N6O/c1-4-7-18-16(23)13-9-15-17-8-6-14(22(15)20-13)12-10-19-21(5-2)11(12)3/h4,6,8-10H,1,5,7H2,2-3H3,(H,18,23). The van der Waals surface area contributed by atoms with Crippen molar-refractivity contribution >= 4 is 11.6 Å². The lowest BCUT2D eigenvalue weighted by atomic mass is 10.2. The summed E-state index contributed by atoms with van der Waals surface area (Å²) in [7, 11) is 0. The van der Waals surface area contributed by atoms with Crippen molar-refractivity contribution in [3.8, 4) is 11.3 Å². The van der Waals surface area contributed by atoms with Crippen LogP contribution in [0.4, 0.5) is 0 Å². The lowest BCUT2D eigenvalue weighted by Crippen LogP contribution is -2.23. The van der Waals surface area contributed by atoms with Gasteiger partial charge in [-0.15, -0.1) is 6.58 Å². The number of nitrogens with zero attached hydrogens (tertiary/aromatic N) is 5. The monoisotopic (exact) mass is 310 g/mol. The van der Waals surface area contributed by atoms with Gasteiger partial charge in [-0.1, -0.05) is 6.08 Å². The van der Waals surface area contributed by atoms with Crippen molar-refractivity contribution < 1.29 is 4.79 Å². The zero-order chi connectivity index (χ0) is 16.4. The van der Waals surface area contributed by atoms with Crippen molar-refractivity contribution in [1.82, 2.24) is 29.7 Å². The first kappa shape index (κ1) is 15.0. The molecule has 23 heavy (non-hydrogen) atoms. The third-order valence-corrected chi connectivity index (χ3v) is 3.68.